The van der Waals surface area contributed by atoms with Gasteiger partial charge in [-0.1, -0.05) is 102 Å². The quantitative estimate of drug-likeness (QED) is 0.0897. The maximum atomic E-state index is 11.8. The van der Waals surface area contributed by atoms with Crippen molar-refractivity contribution < 1.29 is 19.4 Å². The van der Waals surface area contributed by atoms with Gasteiger partial charge in [-0.15, -0.1) is 0 Å². The highest BCUT2D eigenvalue weighted by molar-refractivity contribution is 5.69. The highest BCUT2D eigenvalue weighted by Crippen LogP contribution is 2.09. The third-order valence-electron chi connectivity index (χ3n) is 5.48. The molecule has 0 spiro atoms. The number of hydrogen-bond acceptors (Lipinski definition) is 4. The second-order valence-electron chi connectivity index (χ2n) is 8.74. The summed E-state index contributed by atoms with van der Waals surface area (Å²) >= 11 is 0. The lowest BCUT2D eigenvalue weighted by atomic mass is 10.1. The van der Waals surface area contributed by atoms with Gasteiger partial charge in [-0.25, -0.2) is 0 Å². The molecule has 0 saturated carbocycles. The van der Waals surface area contributed by atoms with Gasteiger partial charge in [0.05, 0.1) is 13.2 Å². The first-order valence-corrected chi connectivity index (χ1v) is 13.6. The average Bonchev–Trinajstić information content (AvgIpc) is 2.82. The molecule has 0 rings (SSSR count). The maximum absolute atomic E-state index is 11.8. The fourth-order valence-electron chi connectivity index (χ4n) is 3.46. The molecule has 0 amide bonds. The molecule has 0 saturated heterocycles. The van der Waals surface area contributed by atoms with E-state index in [2.05, 4.69) is 50.3 Å². The van der Waals surface area contributed by atoms with Crippen LogP contribution in [0.3, 0.4) is 0 Å². The number of hydrogen-bond donors (Lipinski definition) is 1. The number of allylic oxidation sites excluding steroid dienone is 6. The van der Waals surface area contributed by atoms with Crippen LogP contribution in [-0.4, -0.2) is 37.0 Å². The number of esters is 1. The Balaban J connectivity index is 3.46. The van der Waals surface area contributed by atoms with Gasteiger partial charge in [0, 0.05) is 13.0 Å². The van der Waals surface area contributed by atoms with Crippen LogP contribution in [0.5, 0.6) is 0 Å². The van der Waals surface area contributed by atoms with Crippen LogP contribution in [0.15, 0.2) is 36.5 Å². The van der Waals surface area contributed by atoms with Gasteiger partial charge in [0.15, 0.2) is 0 Å². The lowest BCUT2D eigenvalue weighted by Crippen LogP contribution is -2.27. The van der Waals surface area contributed by atoms with E-state index in [0.717, 1.165) is 44.9 Å². The number of carbonyl (C=O) groups is 1. The molecule has 0 aromatic heterocycles. The Morgan fingerprint density at radius 2 is 1.36 bits per heavy atom. The Kier molecular flexibility index (Phi) is 25.7. The summed E-state index contributed by atoms with van der Waals surface area (Å²) in [6, 6.07) is 0. The molecule has 0 fully saturated rings. The molecule has 4 nitrogen and oxygen atoms in total. The summed E-state index contributed by atoms with van der Waals surface area (Å²) in [4.78, 5) is 11.8. The van der Waals surface area contributed by atoms with Gasteiger partial charge in [-0.3, -0.25) is 4.79 Å². The average molecular weight is 465 g/mol. The minimum absolute atomic E-state index is 0.178. The summed E-state index contributed by atoms with van der Waals surface area (Å²) in [5.41, 5.74) is 0. The Labute approximate surface area is 204 Å². The Hall–Kier alpha value is -1.39. The highest BCUT2D eigenvalue weighted by Gasteiger charge is 2.13. The molecule has 1 unspecified atom stereocenters. The van der Waals surface area contributed by atoms with E-state index in [1.165, 1.54) is 51.4 Å². The molecule has 0 aliphatic carbocycles. The zero-order valence-electron chi connectivity index (χ0n) is 21.6. The van der Waals surface area contributed by atoms with Gasteiger partial charge in [0.1, 0.15) is 6.10 Å². The van der Waals surface area contributed by atoms with E-state index in [0.29, 0.717) is 13.0 Å². The van der Waals surface area contributed by atoms with Crippen LogP contribution < -0.4 is 0 Å². The maximum Gasteiger partial charge on any atom is 0.306 e. The summed E-state index contributed by atoms with van der Waals surface area (Å²) in [7, 11) is 0. The Bertz CT molecular complexity index is 496. The van der Waals surface area contributed by atoms with Crippen molar-refractivity contribution in [2.45, 2.75) is 123 Å². The number of rotatable bonds is 24. The lowest BCUT2D eigenvalue weighted by molar-refractivity contribution is -0.154. The minimum atomic E-state index is -0.533. The van der Waals surface area contributed by atoms with Crippen molar-refractivity contribution in [3.8, 4) is 0 Å². The second kappa shape index (κ2) is 26.9. The molecular weight excluding hydrogens is 412 g/mol. The van der Waals surface area contributed by atoms with E-state index in [4.69, 9.17) is 9.47 Å². The molecule has 192 valence electrons. The second-order valence-corrected chi connectivity index (χ2v) is 8.74. The molecule has 1 atom stereocenters. The molecular formula is C29H52O4. The normalized spacial score (nSPS) is 12.9. The predicted octanol–water partition coefficient (Wildman–Crippen LogP) is 7.86. The molecule has 1 N–H and O–H groups in total. The van der Waals surface area contributed by atoms with Crippen molar-refractivity contribution in [2.75, 3.05) is 19.8 Å². The summed E-state index contributed by atoms with van der Waals surface area (Å²) < 4.78 is 10.9. The minimum Gasteiger partial charge on any atom is -0.457 e. The van der Waals surface area contributed by atoms with E-state index < -0.39 is 6.10 Å². The first-order valence-electron chi connectivity index (χ1n) is 13.6. The van der Waals surface area contributed by atoms with Crippen LogP contribution in [0.4, 0.5) is 0 Å². The molecule has 0 radical (unpaired) electrons. The molecule has 0 aliphatic rings. The summed E-state index contributed by atoms with van der Waals surface area (Å²) in [5.74, 6) is -0.222. The topological polar surface area (TPSA) is 55.8 Å². The molecule has 33 heavy (non-hydrogen) atoms. The van der Waals surface area contributed by atoms with Gasteiger partial charge in [0.2, 0.25) is 0 Å². The fraction of sp³-hybridized carbons (Fsp3) is 0.759. The van der Waals surface area contributed by atoms with Crippen LogP contribution in [0.1, 0.15) is 117 Å². The molecule has 0 heterocycles. The summed E-state index contributed by atoms with van der Waals surface area (Å²) in [5, 5.41) is 9.39. The number of aliphatic hydroxyl groups excluding tert-OH is 1. The Morgan fingerprint density at radius 3 is 2.06 bits per heavy atom. The monoisotopic (exact) mass is 464 g/mol. The largest absolute Gasteiger partial charge is 0.457 e. The van der Waals surface area contributed by atoms with E-state index in [1.54, 1.807) is 0 Å². The van der Waals surface area contributed by atoms with E-state index in [9.17, 15) is 9.90 Å². The van der Waals surface area contributed by atoms with Crippen molar-refractivity contribution >= 4 is 5.97 Å². The first kappa shape index (κ1) is 31.6. The third kappa shape index (κ3) is 25.1. The van der Waals surface area contributed by atoms with Crippen LogP contribution >= 0.6 is 0 Å². The standard InChI is InChI=1S/C29H52O4/c1-3-5-7-9-10-11-12-13-14-15-16-17-18-19-21-23-25-32-27-28(26-30)33-29(31)24-22-20-8-6-4-2/h5,7,10-11,13-14,28,30H,3-4,6,8-9,12,15-27H2,1-2H3/b7-5-,11-10-,14-13-. The summed E-state index contributed by atoms with van der Waals surface area (Å²) in [6.07, 6.45) is 30.5. The van der Waals surface area contributed by atoms with Crippen LogP contribution in [0, 0.1) is 0 Å². The predicted molar refractivity (Wildman–Crippen MR) is 140 cm³/mol. The number of unbranched alkanes of at least 4 members (excludes halogenated alkanes) is 10. The van der Waals surface area contributed by atoms with Crippen LogP contribution in [0.2, 0.25) is 0 Å². The number of carbonyl (C=O) groups excluding carboxylic acids is 1. The molecule has 0 aliphatic heterocycles. The smallest absolute Gasteiger partial charge is 0.306 e. The number of aliphatic hydroxyl groups is 1. The third-order valence-corrected chi connectivity index (χ3v) is 5.48. The van der Waals surface area contributed by atoms with Gasteiger partial charge in [0.25, 0.3) is 0 Å². The summed E-state index contributed by atoms with van der Waals surface area (Å²) in [6.45, 7) is 5.11. The van der Waals surface area contributed by atoms with Crippen LogP contribution in [-0.2, 0) is 14.3 Å². The Morgan fingerprint density at radius 1 is 0.758 bits per heavy atom. The molecule has 4 heteroatoms. The zero-order chi connectivity index (χ0) is 24.2. The molecule has 0 bridgehead atoms. The molecule has 0 aromatic carbocycles. The van der Waals surface area contributed by atoms with Crippen molar-refractivity contribution in [1.29, 1.82) is 0 Å². The zero-order valence-corrected chi connectivity index (χ0v) is 21.6. The lowest BCUT2D eigenvalue weighted by Gasteiger charge is -2.15. The van der Waals surface area contributed by atoms with Crippen molar-refractivity contribution in [1.82, 2.24) is 0 Å². The van der Waals surface area contributed by atoms with E-state index >= 15 is 0 Å². The molecule has 0 aromatic rings. The van der Waals surface area contributed by atoms with Gasteiger partial charge < -0.3 is 14.6 Å². The van der Waals surface area contributed by atoms with Crippen molar-refractivity contribution in [2.24, 2.45) is 0 Å². The van der Waals surface area contributed by atoms with E-state index in [1.807, 2.05) is 0 Å². The van der Waals surface area contributed by atoms with Crippen LogP contribution in [0.25, 0.3) is 0 Å². The van der Waals surface area contributed by atoms with Gasteiger partial charge in [-0.05, 0) is 44.9 Å². The number of ether oxygens (including phenoxy) is 2. The van der Waals surface area contributed by atoms with Crippen molar-refractivity contribution in [3.63, 3.8) is 0 Å². The highest BCUT2D eigenvalue weighted by atomic mass is 16.6. The van der Waals surface area contributed by atoms with Gasteiger partial charge >= 0.3 is 5.97 Å². The van der Waals surface area contributed by atoms with E-state index in [-0.39, 0.29) is 19.2 Å². The first-order chi connectivity index (χ1) is 16.2. The SMILES string of the molecule is CC/C=C\C/C=C\C/C=C\CCCCCCCCOCC(CO)OC(=O)CCCCCCC. The van der Waals surface area contributed by atoms with Crippen molar-refractivity contribution in [3.05, 3.63) is 36.5 Å². The fourth-order valence-corrected chi connectivity index (χ4v) is 3.46. The van der Waals surface area contributed by atoms with Gasteiger partial charge in [-0.2, -0.15) is 0 Å².